The molecule has 0 saturated carbocycles. The molecule has 0 saturated heterocycles. The molecule has 1 rings (SSSR count). The number of anilines is 1. The minimum Gasteiger partial charge on any atom is -0.372 e. The van der Waals surface area contributed by atoms with Gasteiger partial charge in [-0.1, -0.05) is 6.92 Å². The Hall–Kier alpha value is -1.60. The minimum atomic E-state index is 0.00684. The van der Waals surface area contributed by atoms with Crippen LogP contribution in [0.5, 0.6) is 0 Å². The zero-order chi connectivity index (χ0) is 12.8. The lowest BCUT2D eigenvalue weighted by atomic mass is 10.1. The van der Waals surface area contributed by atoms with Crippen LogP contribution < -0.4 is 10.6 Å². The first-order valence-corrected chi connectivity index (χ1v) is 5.90. The predicted molar refractivity (Wildman–Crippen MR) is 69.5 cm³/mol. The Morgan fingerprint density at radius 2 is 2.24 bits per heavy atom. The molecule has 92 valence electrons. The first kappa shape index (κ1) is 13.5. The molecule has 0 aromatic carbocycles. The van der Waals surface area contributed by atoms with Gasteiger partial charge in [-0.3, -0.25) is 4.98 Å². The van der Waals surface area contributed by atoms with Crippen molar-refractivity contribution in [3.05, 3.63) is 24.0 Å². The Kier molecular flexibility index (Phi) is 4.92. The molecule has 0 fully saturated rings. The number of nitriles is 1. The summed E-state index contributed by atoms with van der Waals surface area (Å²) < 4.78 is 0. The second-order valence-corrected chi connectivity index (χ2v) is 4.37. The number of pyridine rings is 1. The molecule has 1 heterocycles. The average molecular weight is 232 g/mol. The van der Waals surface area contributed by atoms with Crippen molar-refractivity contribution in [2.45, 2.75) is 26.3 Å². The molecule has 0 amide bonds. The van der Waals surface area contributed by atoms with Crippen molar-refractivity contribution in [2.24, 2.45) is 11.7 Å². The van der Waals surface area contributed by atoms with Gasteiger partial charge >= 0.3 is 0 Å². The van der Waals surface area contributed by atoms with Crippen molar-refractivity contribution >= 4 is 5.69 Å². The molecular formula is C13H20N4. The van der Waals surface area contributed by atoms with Crippen molar-refractivity contribution in [1.82, 2.24) is 4.98 Å². The van der Waals surface area contributed by atoms with Crippen LogP contribution in [0.15, 0.2) is 18.3 Å². The number of hydrogen-bond acceptors (Lipinski definition) is 4. The highest BCUT2D eigenvalue weighted by Crippen LogP contribution is 2.16. The fraction of sp³-hybridized carbons (Fsp3) is 0.538. The summed E-state index contributed by atoms with van der Waals surface area (Å²) >= 11 is 0. The lowest BCUT2D eigenvalue weighted by molar-refractivity contribution is 0.673. The van der Waals surface area contributed by atoms with Gasteiger partial charge in [0.1, 0.15) is 0 Å². The molecular weight excluding hydrogens is 212 g/mol. The van der Waals surface area contributed by atoms with Crippen LogP contribution in [0.25, 0.3) is 0 Å². The van der Waals surface area contributed by atoms with E-state index in [0.717, 1.165) is 17.8 Å². The SMILES string of the molecule is CC[C@H](N)c1ccc(N(C)CC(C)C#N)cn1. The van der Waals surface area contributed by atoms with Gasteiger partial charge in [-0.2, -0.15) is 5.26 Å². The number of nitrogens with zero attached hydrogens (tertiary/aromatic N) is 3. The Morgan fingerprint density at radius 3 is 2.71 bits per heavy atom. The van der Waals surface area contributed by atoms with Crippen LogP contribution in [0.1, 0.15) is 32.0 Å². The van der Waals surface area contributed by atoms with Gasteiger partial charge in [0.25, 0.3) is 0 Å². The second-order valence-electron chi connectivity index (χ2n) is 4.37. The van der Waals surface area contributed by atoms with Crippen LogP contribution >= 0.6 is 0 Å². The molecule has 2 atom stereocenters. The molecule has 1 aromatic heterocycles. The summed E-state index contributed by atoms with van der Waals surface area (Å²) in [5.74, 6) is 0.0116. The summed E-state index contributed by atoms with van der Waals surface area (Å²) in [4.78, 5) is 6.38. The fourth-order valence-electron chi connectivity index (χ4n) is 1.61. The summed E-state index contributed by atoms with van der Waals surface area (Å²) in [6.07, 6.45) is 2.70. The van der Waals surface area contributed by atoms with Crippen molar-refractivity contribution in [2.75, 3.05) is 18.5 Å². The first-order valence-electron chi connectivity index (χ1n) is 5.90. The van der Waals surface area contributed by atoms with Crippen LogP contribution in [0, 0.1) is 17.2 Å². The van der Waals surface area contributed by atoms with Gasteiger partial charge < -0.3 is 10.6 Å². The first-order chi connectivity index (χ1) is 8.08. The van der Waals surface area contributed by atoms with Gasteiger partial charge in [0, 0.05) is 19.6 Å². The lowest BCUT2D eigenvalue weighted by Gasteiger charge is -2.20. The summed E-state index contributed by atoms with van der Waals surface area (Å²) in [5, 5.41) is 8.77. The molecule has 1 unspecified atom stereocenters. The third kappa shape index (κ3) is 3.72. The molecule has 1 aromatic rings. The van der Waals surface area contributed by atoms with Gasteiger partial charge in [0.15, 0.2) is 0 Å². The summed E-state index contributed by atoms with van der Waals surface area (Å²) in [5.41, 5.74) is 7.83. The maximum absolute atomic E-state index is 8.77. The van der Waals surface area contributed by atoms with E-state index in [1.807, 2.05) is 44.1 Å². The van der Waals surface area contributed by atoms with Gasteiger partial charge in [-0.05, 0) is 25.5 Å². The number of aromatic nitrogens is 1. The zero-order valence-corrected chi connectivity index (χ0v) is 10.7. The van der Waals surface area contributed by atoms with E-state index in [4.69, 9.17) is 11.0 Å². The normalized spacial score (nSPS) is 13.8. The monoisotopic (exact) mass is 232 g/mol. The average Bonchev–Trinajstić information content (AvgIpc) is 2.37. The third-order valence-electron chi connectivity index (χ3n) is 2.80. The van der Waals surface area contributed by atoms with Gasteiger partial charge in [0.2, 0.25) is 0 Å². The maximum atomic E-state index is 8.77. The molecule has 0 bridgehead atoms. The fourth-order valence-corrected chi connectivity index (χ4v) is 1.61. The smallest absolute Gasteiger partial charge is 0.0671 e. The molecule has 0 radical (unpaired) electrons. The highest BCUT2D eigenvalue weighted by atomic mass is 15.1. The van der Waals surface area contributed by atoms with Crippen molar-refractivity contribution in [1.29, 1.82) is 5.26 Å². The standard InChI is InChI=1S/C13H20N4/c1-4-12(15)13-6-5-11(8-16-13)17(3)9-10(2)7-14/h5-6,8,10,12H,4,9,15H2,1-3H3/t10?,12-/m0/s1. The van der Waals surface area contributed by atoms with Crippen molar-refractivity contribution in [3.8, 4) is 6.07 Å². The number of nitrogens with two attached hydrogens (primary N) is 1. The third-order valence-corrected chi connectivity index (χ3v) is 2.80. The highest BCUT2D eigenvalue weighted by molar-refractivity contribution is 5.44. The van der Waals surface area contributed by atoms with Gasteiger partial charge in [-0.25, -0.2) is 0 Å². The molecule has 0 aliphatic carbocycles. The predicted octanol–water partition coefficient (Wildman–Crippen LogP) is 2.09. The second kappa shape index (κ2) is 6.21. The van der Waals surface area contributed by atoms with Crippen LogP contribution in [-0.2, 0) is 0 Å². The molecule has 0 aliphatic rings. The van der Waals surface area contributed by atoms with E-state index < -0.39 is 0 Å². The Balaban J connectivity index is 2.71. The largest absolute Gasteiger partial charge is 0.372 e. The zero-order valence-electron chi connectivity index (χ0n) is 10.7. The van der Waals surface area contributed by atoms with Crippen molar-refractivity contribution in [3.63, 3.8) is 0 Å². The summed E-state index contributed by atoms with van der Waals surface area (Å²) in [7, 11) is 1.96. The summed E-state index contributed by atoms with van der Waals surface area (Å²) in [6.45, 7) is 4.66. The summed E-state index contributed by atoms with van der Waals surface area (Å²) in [6, 6.07) is 6.19. The lowest BCUT2D eigenvalue weighted by Crippen LogP contribution is -2.23. The van der Waals surface area contributed by atoms with E-state index in [2.05, 4.69) is 11.1 Å². The minimum absolute atomic E-state index is 0.00684. The molecule has 0 aliphatic heterocycles. The quantitative estimate of drug-likeness (QED) is 0.844. The maximum Gasteiger partial charge on any atom is 0.0671 e. The van der Waals surface area contributed by atoms with Crippen LogP contribution in [-0.4, -0.2) is 18.6 Å². The highest BCUT2D eigenvalue weighted by Gasteiger charge is 2.08. The van der Waals surface area contributed by atoms with Crippen LogP contribution in [0.4, 0.5) is 5.69 Å². The van der Waals surface area contributed by atoms with Crippen molar-refractivity contribution < 1.29 is 0 Å². The molecule has 0 spiro atoms. The van der Waals surface area contributed by atoms with E-state index in [9.17, 15) is 0 Å². The van der Waals surface area contributed by atoms with Gasteiger partial charge in [-0.15, -0.1) is 0 Å². The van der Waals surface area contributed by atoms with E-state index in [1.165, 1.54) is 0 Å². The Morgan fingerprint density at radius 1 is 1.53 bits per heavy atom. The Labute approximate surface area is 103 Å². The molecule has 17 heavy (non-hydrogen) atoms. The van der Waals surface area contributed by atoms with Crippen LogP contribution in [0.2, 0.25) is 0 Å². The topological polar surface area (TPSA) is 65.9 Å². The number of hydrogen-bond donors (Lipinski definition) is 1. The molecule has 4 nitrogen and oxygen atoms in total. The molecule has 2 N–H and O–H groups in total. The van der Waals surface area contributed by atoms with E-state index >= 15 is 0 Å². The number of rotatable bonds is 5. The Bertz CT molecular complexity index is 379. The van der Waals surface area contributed by atoms with Crippen LogP contribution in [0.3, 0.4) is 0 Å². The van der Waals surface area contributed by atoms with E-state index in [1.54, 1.807) is 0 Å². The van der Waals surface area contributed by atoms with E-state index in [-0.39, 0.29) is 12.0 Å². The van der Waals surface area contributed by atoms with Gasteiger partial charge in [0.05, 0.1) is 29.6 Å². The van der Waals surface area contributed by atoms with E-state index in [0.29, 0.717) is 6.54 Å². The molecule has 4 heteroatoms.